The number of hydrogen-bond donors (Lipinski definition) is 0. The Kier molecular flexibility index (Phi) is 4.53. The molecule has 1 amide bonds. The van der Waals surface area contributed by atoms with E-state index < -0.39 is 26.4 Å². The first-order valence-corrected chi connectivity index (χ1v) is 9.43. The summed E-state index contributed by atoms with van der Waals surface area (Å²) in [6, 6.07) is 11.9. The normalized spacial score (nSPS) is 12.9. The van der Waals surface area contributed by atoms with Gasteiger partial charge in [0, 0.05) is 12.6 Å². The lowest BCUT2D eigenvalue weighted by Gasteiger charge is -2.03. The maximum absolute atomic E-state index is 12.5. The van der Waals surface area contributed by atoms with Crippen molar-refractivity contribution < 1.29 is 22.0 Å². The Morgan fingerprint density at radius 3 is 2.36 bits per heavy atom. The Labute approximate surface area is 145 Å². The third kappa shape index (κ3) is 3.24. The molecule has 25 heavy (non-hydrogen) atoms. The SMILES string of the molecule is Cn1c(=NC(=O)c2ccc(S(=O)(=O)C(F)F)cc2)sc2ccccc21. The van der Waals surface area contributed by atoms with Crippen molar-refractivity contribution in [2.75, 3.05) is 0 Å². The summed E-state index contributed by atoms with van der Waals surface area (Å²) in [4.78, 5) is 16.3. The van der Waals surface area contributed by atoms with Gasteiger partial charge in [0.1, 0.15) is 0 Å². The van der Waals surface area contributed by atoms with Gasteiger partial charge in [0.15, 0.2) is 4.80 Å². The third-order valence-electron chi connectivity index (χ3n) is 3.58. The zero-order valence-electron chi connectivity index (χ0n) is 12.9. The second-order valence-electron chi connectivity index (χ2n) is 5.16. The molecule has 0 aliphatic carbocycles. The second-order valence-corrected chi connectivity index (χ2v) is 8.09. The van der Waals surface area contributed by atoms with Crippen LogP contribution in [0, 0.1) is 0 Å². The summed E-state index contributed by atoms with van der Waals surface area (Å²) >= 11 is 1.34. The van der Waals surface area contributed by atoms with E-state index in [1.54, 1.807) is 11.6 Å². The molecule has 130 valence electrons. The van der Waals surface area contributed by atoms with Gasteiger partial charge in [-0.05, 0) is 36.4 Å². The van der Waals surface area contributed by atoms with Gasteiger partial charge in [0.2, 0.25) is 9.84 Å². The minimum absolute atomic E-state index is 0.116. The average Bonchev–Trinajstić information content (AvgIpc) is 2.91. The fraction of sp³-hybridized carbons (Fsp3) is 0.125. The number of sulfone groups is 1. The van der Waals surface area contributed by atoms with Crippen LogP contribution in [0.1, 0.15) is 10.4 Å². The number of aryl methyl sites for hydroxylation is 1. The summed E-state index contributed by atoms with van der Waals surface area (Å²) in [5, 5.41) is 0. The fourth-order valence-corrected chi connectivity index (χ4v) is 3.97. The molecular formula is C16H12F2N2O3S2. The van der Waals surface area contributed by atoms with Gasteiger partial charge in [-0.1, -0.05) is 23.5 Å². The number of carbonyl (C=O) groups excluding carboxylic acids is 1. The van der Waals surface area contributed by atoms with Crippen LogP contribution in [-0.4, -0.2) is 24.6 Å². The first-order valence-electron chi connectivity index (χ1n) is 7.06. The molecule has 2 aromatic carbocycles. The zero-order valence-corrected chi connectivity index (χ0v) is 14.5. The monoisotopic (exact) mass is 382 g/mol. The minimum atomic E-state index is -4.68. The Balaban J connectivity index is 1.97. The van der Waals surface area contributed by atoms with Crippen LogP contribution in [0.15, 0.2) is 58.4 Å². The molecule has 0 fully saturated rings. The van der Waals surface area contributed by atoms with Crippen LogP contribution < -0.4 is 4.80 Å². The Hall–Kier alpha value is -2.39. The maximum atomic E-state index is 12.5. The van der Waals surface area contributed by atoms with E-state index in [1.165, 1.54) is 23.5 Å². The number of alkyl halides is 2. The number of halogens is 2. The predicted molar refractivity (Wildman–Crippen MR) is 90.3 cm³/mol. The summed E-state index contributed by atoms with van der Waals surface area (Å²) < 4.78 is 50.5. The van der Waals surface area contributed by atoms with Crippen LogP contribution in [0.5, 0.6) is 0 Å². The standard InChI is InChI=1S/C16H12F2N2O3S2/c1-20-12-4-2-3-5-13(12)24-16(20)19-14(21)10-6-8-11(9-7-10)25(22,23)15(17)18/h2-9,15H,1H3. The molecule has 5 nitrogen and oxygen atoms in total. The third-order valence-corrected chi connectivity index (χ3v) is 6.09. The molecule has 0 N–H and O–H groups in total. The molecule has 0 spiro atoms. The molecule has 3 rings (SSSR count). The number of rotatable bonds is 3. The van der Waals surface area contributed by atoms with E-state index in [2.05, 4.69) is 4.99 Å². The van der Waals surface area contributed by atoms with Crippen molar-refractivity contribution in [2.24, 2.45) is 12.0 Å². The Morgan fingerprint density at radius 1 is 1.12 bits per heavy atom. The molecule has 0 saturated heterocycles. The highest BCUT2D eigenvalue weighted by atomic mass is 32.2. The molecule has 0 unspecified atom stereocenters. The van der Waals surface area contributed by atoms with Crippen molar-refractivity contribution in [2.45, 2.75) is 10.7 Å². The molecular weight excluding hydrogens is 370 g/mol. The molecule has 0 bridgehead atoms. The van der Waals surface area contributed by atoms with Gasteiger partial charge in [-0.2, -0.15) is 13.8 Å². The summed E-state index contributed by atoms with van der Waals surface area (Å²) in [5.74, 6) is -4.08. The number of fused-ring (bicyclic) bond motifs is 1. The lowest BCUT2D eigenvalue weighted by Crippen LogP contribution is -2.14. The number of thiazole rings is 1. The molecule has 0 aliphatic rings. The molecule has 0 aliphatic heterocycles. The molecule has 0 radical (unpaired) electrons. The second kappa shape index (κ2) is 6.49. The van der Waals surface area contributed by atoms with E-state index in [1.807, 2.05) is 24.3 Å². The molecule has 0 saturated carbocycles. The van der Waals surface area contributed by atoms with Crippen molar-refractivity contribution in [3.05, 3.63) is 58.9 Å². The van der Waals surface area contributed by atoms with Gasteiger partial charge in [-0.3, -0.25) is 4.79 Å². The topological polar surface area (TPSA) is 68.5 Å². The van der Waals surface area contributed by atoms with Crippen molar-refractivity contribution in [3.63, 3.8) is 0 Å². The summed E-state index contributed by atoms with van der Waals surface area (Å²) in [7, 11) is -2.90. The van der Waals surface area contributed by atoms with Gasteiger partial charge < -0.3 is 4.57 Å². The number of carbonyl (C=O) groups is 1. The first-order chi connectivity index (χ1) is 11.8. The van der Waals surface area contributed by atoms with E-state index in [4.69, 9.17) is 0 Å². The maximum Gasteiger partial charge on any atom is 0.341 e. The predicted octanol–water partition coefficient (Wildman–Crippen LogP) is 2.98. The first kappa shape index (κ1) is 17.4. The lowest BCUT2D eigenvalue weighted by molar-refractivity contribution is 0.0998. The Bertz CT molecular complexity index is 1110. The highest BCUT2D eigenvalue weighted by molar-refractivity contribution is 7.91. The fourth-order valence-electron chi connectivity index (χ4n) is 2.23. The quantitative estimate of drug-likeness (QED) is 0.699. The van der Waals surface area contributed by atoms with Gasteiger partial charge in [-0.15, -0.1) is 0 Å². The molecule has 1 aromatic heterocycles. The number of para-hydroxylation sites is 1. The average molecular weight is 382 g/mol. The number of benzene rings is 2. The zero-order chi connectivity index (χ0) is 18.2. The van der Waals surface area contributed by atoms with Crippen molar-refractivity contribution in [1.29, 1.82) is 0 Å². The highest BCUT2D eigenvalue weighted by Gasteiger charge is 2.26. The summed E-state index contributed by atoms with van der Waals surface area (Å²) in [6.07, 6.45) is 0. The van der Waals surface area contributed by atoms with E-state index in [0.29, 0.717) is 4.80 Å². The van der Waals surface area contributed by atoms with E-state index in [9.17, 15) is 22.0 Å². The number of amides is 1. The molecule has 9 heteroatoms. The number of nitrogens with zero attached hydrogens (tertiary/aromatic N) is 2. The van der Waals surface area contributed by atoms with Crippen LogP contribution in [0.4, 0.5) is 8.78 Å². The van der Waals surface area contributed by atoms with Crippen molar-refractivity contribution in [1.82, 2.24) is 4.57 Å². The van der Waals surface area contributed by atoms with Gasteiger partial charge in [-0.25, -0.2) is 8.42 Å². The molecule has 0 atom stereocenters. The van der Waals surface area contributed by atoms with E-state index in [-0.39, 0.29) is 5.56 Å². The van der Waals surface area contributed by atoms with Gasteiger partial charge in [0.25, 0.3) is 5.91 Å². The van der Waals surface area contributed by atoms with Crippen LogP contribution in [0.2, 0.25) is 0 Å². The van der Waals surface area contributed by atoms with Crippen molar-refractivity contribution >= 4 is 37.3 Å². The summed E-state index contributed by atoms with van der Waals surface area (Å²) in [5.41, 5.74) is 1.04. The van der Waals surface area contributed by atoms with Gasteiger partial charge >= 0.3 is 5.76 Å². The van der Waals surface area contributed by atoms with E-state index >= 15 is 0 Å². The minimum Gasteiger partial charge on any atom is -0.319 e. The lowest BCUT2D eigenvalue weighted by atomic mass is 10.2. The van der Waals surface area contributed by atoms with Gasteiger partial charge in [0.05, 0.1) is 15.1 Å². The van der Waals surface area contributed by atoms with Crippen LogP contribution in [0.25, 0.3) is 10.2 Å². The van der Waals surface area contributed by atoms with Crippen LogP contribution in [-0.2, 0) is 16.9 Å². The van der Waals surface area contributed by atoms with E-state index in [0.717, 1.165) is 22.3 Å². The highest BCUT2D eigenvalue weighted by Crippen LogP contribution is 2.19. The molecule has 3 aromatic rings. The summed E-state index contributed by atoms with van der Waals surface area (Å²) in [6.45, 7) is 0. The molecule has 1 heterocycles. The van der Waals surface area contributed by atoms with Crippen molar-refractivity contribution in [3.8, 4) is 0 Å². The van der Waals surface area contributed by atoms with Crippen LogP contribution >= 0.6 is 11.3 Å². The Morgan fingerprint density at radius 2 is 1.76 bits per heavy atom. The number of hydrogen-bond acceptors (Lipinski definition) is 4. The smallest absolute Gasteiger partial charge is 0.319 e. The largest absolute Gasteiger partial charge is 0.341 e. The van der Waals surface area contributed by atoms with Crippen LogP contribution in [0.3, 0.4) is 0 Å². The number of aromatic nitrogens is 1.